The van der Waals surface area contributed by atoms with Crippen LogP contribution < -0.4 is 15.4 Å². The third-order valence-electron chi connectivity index (χ3n) is 5.76. The smallest absolute Gasteiger partial charge is 0.253 e. The minimum absolute atomic E-state index is 0.142. The van der Waals surface area contributed by atoms with Crippen LogP contribution in [-0.2, 0) is 0 Å². The number of aryl methyl sites for hydroxylation is 1. The molecule has 3 aromatic rings. The molecule has 0 bridgehead atoms. The van der Waals surface area contributed by atoms with E-state index >= 15 is 0 Å². The van der Waals surface area contributed by atoms with Crippen molar-refractivity contribution >= 4 is 22.5 Å². The Morgan fingerprint density at radius 1 is 1.31 bits per heavy atom. The lowest BCUT2D eigenvalue weighted by Crippen LogP contribution is -2.45. The van der Waals surface area contributed by atoms with Crippen LogP contribution in [0.5, 0.6) is 5.75 Å². The number of benzene rings is 1. The lowest BCUT2D eigenvalue weighted by atomic mass is 10.0. The van der Waals surface area contributed by atoms with Crippen molar-refractivity contribution in [2.24, 2.45) is 5.73 Å². The van der Waals surface area contributed by atoms with E-state index in [9.17, 15) is 9.90 Å². The monoisotopic (exact) mass is 435 g/mol. The summed E-state index contributed by atoms with van der Waals surface area (Å²) < 4.78 is 5.46. The summed E-state index contributed by atoms with van der Waals surface area (Å²) in [4.78, 5) is 25.4. The van der Waals surface area contributed by atoms with Gasteiger partial charge in [0.2, 0.25) is 0 Å². The number of carbonyl (C=O) groups is 1. The Morgan fingerprint density at radius 3 is 2.84 bits per heavy atom. The van der Waals surface area contributed by atoms with Crippen molar-refractivity contribution in [2.75, 3.05) is 44.7 Å². The number of nitrogens with two attached hydrogens (primary N) is 1. The van der Waals surface area contributed by atoms with E-state index in [1.54, 1.807) is 42.4 Å². The third kappa shape index (κ3) is 4.66. The summed E-state index contributed by atoms with van der Waals surface area (Å²) in [5.74, 6) is 0.533. The Morgan fingerprint density at radius 2 is 2.09 bits per heavy atom. The number of β-amino-alcohol motifs (C(OH)–C–C–N with tert-alkyl or cyclic N) is 1. The van der Waals surface area contributed by atoms with Gasteiger partial charge in [-0.15, -0.1) is 0 Å². The summed E-state index contributed by atoms with van der Waals surface area (Å²) in [7, 11) is 1.72. The summed E-state index contributed by atoms with van der Waals surface area (Å²) in [6.45, 7) is 4.20. The molecule has 0 saturated carbocycles. The van der Waals surface area contributed by atoms with E-state index in [4.69, 9.17) is 10.5 Å². The maximum Gasteiger partial charge on any atom is 0.253 e. The lowest BCUT2D eigenvalue weighted by Gasteiger charge is -2.29. The number of hydrogen-bond acceptors (Lipinski definition) is 7. The van der Waals surface area contributed by atoms with E-state index in [-0.39, 0.29) is 12.5 Å². The highest BCUT2D eigenvalue weighted by molar-refractivity contribution is 5.94. The number of aliphatic hydroxyl groups is 1. The highest BCUT2D eigenvalue weighted by atomic mass is 16.5. The first-order chi connectivity index (χ1) is 15.4. The second-order valence-electron chi connectivity index (χ2n) is 8.39. The van der Waals surface area contributed by atoms with Gasteiger partial charge in [0, 0.05) is 61.4 Å². The van der Waals surface area contributed by atoms with E-state index in [0.29, 0.717) is 44.0 Å². The zero-order chi connectivity index (χ0) is 22.7. The van der Waals surface area contributed by atoms with Gasteiger partial charge in [0.1, 0.15) is 18.0 Å². The van der Waals surface area contributed by atoms with Crippen molar-refractivity contribution in [1.29, 1.82) is 0 Å². The minimum Gasteiger partial charge on any atom is -0.492 e. The number of pyridine rings is 2. The fourth-order valence-electron chi connectivity index (χ4n) is 4.24. The number of anilines is 1. The minimum atomic E-state index is -1.000. The normalized spacial score (nSPS) is 18.2. The standard InChI is InChI=1S/C24H29N5O3/c1-17-13-22(20-14-26-10-7-21(20)27-17)29-11-8-24(31,16-29)15-28(2)23(30)18-3-5-19(6-4-18)32-12-9-25/h3-7,10,13-14,31H,8-9,11-12,15-16,25H2,1-2H3/t24-/m1/s1. The molecule has 3 heterocycles. The Bertz CT molecular complexity index is 1100. The molecule has 0 unspecified atom stereocenters. The highest BCUT2D eigenvalue weighted by Crippen LogP contribution is 2.32. The molecule has 1 aliphatic heterocycles. The van der Waals surface area contributed by atoms with Crippen LogP contribution in [0.3, 0.4) is 0 Å². The number of nitrogens with zero attached hydrogens (tertiary/aromatic N) is 4. The van der Waals surface area contributed by atoms with Crippen molar-refractivity contribution in [3.8, 4) is 5.75 Å². The SMILES string of the molecule is Cc1cc(N2CC[C@@](O)(CN(C)C(=O)c3ccc(OCCN)cc3)C2)c2cnccc2n1. The van der Waals surface area contributed by atoms with Crippen LogP contribution in [0.4, 0.5) is 5.69 Å². The van der Waals surface area contributed by atoms with Crippen LogP contribution in [0.25, 0.3) is 10.9 Å². The Hall–Kier alpha value is -3.23. The van der Waals surface area contributed by atoms with Gasteiger partial charge in [-0.25, -0.2) is 0 Å². The topological polar surface area (TPSA) is 105 Å². The molecule has 1 aromatic carbocycles. The zero-order valence-electron chi connectivity index (χ0n) is 18.5. The molecule has 168 valence electrons. The second kappa shape index (κ2) is 9.10. The summed E-state index contributed by atoms with van der Waals surface area (Å²) in [5, 5.41) is 12.2. The maximum absolute atomic E-state index is 12.9. The number of carbonyl (C=O) groups excluding carboxylic acids is 1. The van der Waals surface area contributed by atoms with Crippen molar-refractivity contribution in [3.63, 3.8) is 0 Å². The third-order valence-corrected chi connectivity index (χ3v) is 5.76. The predicted octanol–water partition coefficient (Wildman–Crippen LogP) is 1.99. The molecule has 1 amide bonds. The molecule has 8 nitrogen and oxygen atoms in total. The Kier molecular flexibility index (Phi) is 6.25. The quantitative estimate of drug-likeness (QED) is 0.585. The largest absolute Gasteiger partial charge is 0.492 e. The molecule has 0 aliphatic carbocycles. The van der Waals surface area contributed by atoms with Crippen LogP contribution in [0.1, 0.15) is 22.5 Å². The second-order valence-corrected chi connectivity index (χ2v) is 8.39. The molecule has 0 radical (unpaired) electrons. The Balaban J connectivity index is 1.45. The van der Waals surface area contributed by atoms with Gasteiger partial charge in [-0.2, -0.15) is 0 Å². The van der Waals surface area contributed by atoms with Crippen molar-refractivity contribution in [3.05, 3.63) is 60.0 Å². The number of ether oxygens (including phenoxy) is 1. The van der Waals surface area contributed by atoms with Crippen LogP contribution in [0.2, 0.25) is 0 Å². The van der Waals surface area contributed by atoms with Gasteiger partial charge in [0.25, 0.3) is 5.91 Å². The van der Waals surface area contributed by atoms with Gasteiger partial charge >= 0.3 is 0 Å². The summed E-state index contributed by atoms with van der Waals surface area (Å²) in [6.07, 6.45) is 4.11. The number of amides is 1. The molecule has 4 rings (SSSR count). The first-order valence-corrected chi connectivity index (χ1v) is 10.8. The number of hydrogen-bond donors (Lipinski definition) is 2. The lowest BCUT2D eigenvalue weighted by molar-refractivity contribution is 0.0264. The van der Waals surface area contributed by atoms with Gasteiger partial charge < -0.3 is 25.4 Å². The molecule has 0 spiro atoms. The summed E-state index contributed by atoms with van der Waals surface area (Å²) in [5.41, 5.74) is 7.81. The number of rotatable bonds is 7. The molecule has 1 atom stereocenters. The van der Waals surface area contributed by atoms with Crippen molar-refractivity contribution < 1.29 is 14.6 Å². The molecule has 1 saturated heterocycles. The van der Waals surface area contributed by atoms with E-state index in [1.165, 1.54) is 0 Å². The predicted molar refractivity (Wildman–Crippen MR) is 124 cm³/mol. The average Bonchev–Trinajstić information content (AvgIpc) is 3.18. The van der Waals surface area contributed by atoms with Gasteiger partial charge in [-0.05, 0) is 49.7 Å². The first kappa shape index (κ1) is 22.0. The fourth-order valence-corrected chi connectivity index (χ4v) is 4.24. The molecular weight excluding hydrogens is 406 g/mol. The van der Waals surface area contributed by atoms with Gasteiger partial charge in [0.15, 0.2) is 0 Å². The fraction of sp³-hybridized carbons (Fsp3) is 0.375. The van der Waals surface area contributed by atoms with Gasteiger partial charge in [-0.3, -0.25) is 14.8 Å². The molecule has 1 fully saturated rings. The molecule has 8 heteroatoms. The first-order valence-electron chi connectivity index (χ1n) is 10.8. The van der Waals surface area contributed by atoms with E-state index in [1.807, 2.05) is 25.3 Å². The molecule has 3 N–H and O–H groups in total. The molecule has 32 heavy (non-hydrogen) atoms. The van der Waals surface area contributed by atoms with Crippen LogP contribution in [-0.4, -0.2) is 71.3 Å². The highest BCUT2D eigenvalue weighted by Gasteiger charge is 2.38. The molecule has 1 aliphatic rings. The van der Waals surface area contributed by atoms with Crippen molar-refractivity contribution in [2.45, 2.75) is 18.9 Å². The Labute approximate surface area is 187 Å². The van der Waals surface area contributed by atoms with Crippen LogP contribution in [0, 0.1) is 6.92 Å². The van der Waals surface area contributed by atoms with Gasteiger partial charge in [-0.1, -0.05) is 0 Å². The van der Waals surface area contributed by atoms with E-state index < -0.39 is 5.60 Å². The maximum atomic E-state index is 12.9. The zero-order valence-corrected chi connectivity index (χ0v) is 18.5. The number of aromatic nitrogens is 2. The van der Waals surface area contributed by atoms with Gasteiger partial charge in [0.05, 0.1) is 12.1 Å². The van der Waals surface area contributed by atoms with Crippen LogP contribution in [0.15, 0.2) is 48.8 Å². The van der Waals surface area contributed by atoms with Crippen LogP contribution >= 0.6 is 0 Å². The molecular formula is C24H29N5O3. The van der Waals surface area contributed by atoms with E-state index in [0.717, 1.165) is 22.3 Å². The number of fused-ring (bicyclic) bond motifs is 1. The number of likely N-dealkylation sites (N-methyl/N-ethyl adjacent to an activating group) is 1. The van der Waals surface area contributed by atoms with Crippen molar-refractivity contribution in [1.82, 2.24) is 14.9 Å². The summed E-state index contributed by atoms with van der Waals surface area (Å²) in [6, 6.07) is 10.9. The molecule has 2 aromatic heterocycles. The van der Waals surface area contributed by atoms with E-state index in [2.05, 4.69) is 14.9 Å². The summed E-state index contributed by atoms with van der Waals surface area (Å²) >= 11 is 0. The average molecular weight is 436 g/mol.